The summed E-state index contributed by atoms with van der Waals surface area (Å²) in [5, 5.41) is 2.67. The van der Waals surface area contributed by atoms with E-state index in [0.29, 0.717) is 10.9 Å². The fraction of sp³-hybridized carbons (Fsp3) is 0.643. The van der Waals surface area contributed by atoms with E-state index >= 15 is 0 Å². The summed E-state index contributed by atoms with van der Waals surface area (Å²) in [6.45, 7) is 1.59. The highest BCUT2D eigenvalue weighted by molar-refractivity contribution is 7.11. The second kappa shape index (κ2) is 5.41. The highest BCUT2D eigenvalue weighted by Gasteiger charge is 2.29. The van der Waals surface area contributed by atoms with Crippen LogP contribution in [0.25, 0.3) is 0 Å². The van der Waals surface area contributed by atoms with Crippen LogP contribution in [0.4, 0.5) is 0 Å². The van der Waals surface area contributed by atoms with Crippen LogP contribution in [-0.2, 0) is 4.79 Å². The van der Waals surface area contributed by atoms with E-state index in [0.717, 1.165) is 50.9 Å². The molecule has 0 spiro atoms. The molecule has 0 N–H and O–H groups in total. The molecule has 1 atom stereocenters. The number of ketones is 1. The van der Waals surface area contributed by atoms with Gasteiger partial charge in [-0.1, -0.05) is 6.42 Å². The van der Waals surface area contributed by atoms with Crippen LogP contribution in [0.15, 0.2) is 5.38 Å². The Kier molecular flexibility index (Phi) is 3.64. The Morgan fingerprint density at radius 2 is 2.21 bits per heavy atom. The molecule has 1 aliphatic heterocycles. The minimum absolute atomic E-state index is 0.219. The Labute approximate surface area is 116 Å². The average Bonchev–Trinajstić information content (AvgIpc) is 2.86. The van der Waals surface area contributed by atoms with E-state index in [9.17, 15) is 9.59 Å². The van der Waals surface area contributed by atoms with E-state index in [1.165, 1.54) is 17.8 Å². The number of carbonyl (C=O) groups excluding carboxylic acids is 2. The molecule has 0 bridgehead atoms. The minimum atomic E-state index is 0.219. The van der Waals surface area contributed by atoms with Crippen LogP contribution < -0.4 is 0 Å². The first kappa shape index (κ1) is 12.8. The quantitative estimate of drug-likeness (QED) is 0.628. The van der Waals surface area contributed by atoms with Crippen molar-refractivity contribution in [3.05, 3.63) is 16.1 Å². The van der Waals surface area contributed by atoms with Crippen LogP contribution in [0.5, 0.6) is 0 Å². The van der Waals surface area contributed by atoms with Crippen molar-refractivity contribution in [1.82, 2.24) is 9.88 Å². The van der Waals surface area contributed by atoms with Gasteiger partial charge in [0.2, 0.25) is 6.41 Å². The number of carbonyl (C=O) groups is 2. The van der Waals surface area contributed by atoms with Crippen molar-refractivity contribution < 1.29 is 9.59 Å². The third kappa shape index (κ3) is 2.56. The zero-order chi connectivity index (χ0) is 13.2. The number of rotatable bonds is 4. The van der Waals surface area contributed by atoms with Crippen LogP contribution in [0.3, 0.4) is 0 Å². The zero-order valence-electron chi connectivity index (χ0n) is 10.9. The number of likely N-dealkylation sites (tertiary alicyclic amines) is 1. The fourth-order valence-electron chi connectivity index (χ4n) is 2.78. The summed E-state index contributed by atoms with van der Waals surface area (Å²) < 4.78 is 0. The van der Waals surface area contributed by atoms with Gasteiger partial charge in [-0.2, -0.15) is 0 Å². The lowest BCUT2D eigenvalue weighted by Crippen LogP contribution is -2.33. The molecule has 1 saturated carbocycles. The van der Waals surface area contributed by atoms with Crippen molar-refractivity contribution in [3.63, 3.8) is 0 Å². The third-order valence-electron chi connectivity index (χ3n) is 4.23. The van der Waals surface area contributed by atoms with E-state index in [-0.39, 0.29) is 11.7 Å². The number of hydrogen-bond acceptors (Lipinski definition) is 4. The van der Waals surface area contributed by atoms with E-state index in [4.69, 9.17) is 0 Å². The van der Waals surface area contributed by atoms with Gasteiger partial charge in [-0.25, -0.2) is 4.98 Å². The summed E-state index contributed by atoms with van der Waals surface area (Å²) in [5.41, 5.74) is 0.999. The Bertz CT molecular complexity index is 482. The van der Waals surface area contributed by atoms with Crippen molar-refractivity contribution in [3.8, 4) is 0 Å². The van der Waals surface area contributed by atoms with Crippen molar-refractivity contribution in [1.29, 1.82) is 0 Å². The van der Waals surface area contributed by atoms with Crippen LogP contribution >= 0.6 is 11.3 Å². The lowest BCUT2D eigenvalue weighted by Gasteiger charge is -2.28. The number of piperidine rings is 1. The Morgan fingerprint density at radius 1 is 1.37 bits per heavy atom. The monoisotopic (exact) mass is 278 g/mol. The zero-order valence-corrected chi connectivity index (χ0v) is 11.7. The predicted molar refractivity (Wildman–Crippen MR) is 73.4 cm³/mol. The molecule has 3 rings (SSSR count). The van der Waals surface area contributed by atoms with Gasteiger partial charge in [0.1, 0.15) is 0 Å². The summed E-state index contributed by atoms with van der Waals surface area (Å²) in [5.74, 6) is 0.750. The van der Waals surface area contributed by atoms with Crippen molar-refractivity contribution in [2.75, 3.05) is 13.1 Å². The molecule has 1 saturated heterocycles. The maximum absolute atomic E-state index is 12.1. The number of hydrogen-bond donors (Lipinski definition) is 0. The van der Waals surface area contributed by atoms with Gasteiger partial charge in [0.05, 0.1) is 5.69 Å². The van der Waals surface area contributed by atoms with E-state index in [1.807, 2.05) is 5.38 Å². The van der Waals surface area contributed by atoms with E-state index < -0.39 is 0 Å². The van der Waals surface area contributed by atoms with Crippen LogP contribution in [0, 0.1) is 5.92 Å². The fourth-order valence-corrected chi connectivity index (χ4v) is 3.69. The molecule has 0 aromatic carbocycles. The molecule has 1 unspecified atom stereocenters. The largest absolute Gasteiger partial charge is 0.345 e. The van der Waals surface area contributed by atoms with Gasteiger partial charge in [-0.3, -0.25) is 9.59 Å². The van der Waals surface area contributed by atoms with Gasteiger partial charge in [0.25, 0.3) is 0 Å². The van der Waals surface area contributed by atoms with Crippen LogP contribution in [0.1, 0.15) is 53.5 Å². The minimum Gasteiger partial charge on any atom is -0.345 e. The smallest absolute Gasteiger partial charge is 0.209 e. The molecule has 1 aliphatic carbocycles. The first-order valence-corrected chi connectivity index (χ1v) is 7.85. The topological polar surface area (TPSA) is 50.3 Å². The molecule has 19 heavy (non-hydrogen) atoms. The Morgan fingerprint density at radius 3 is 2.89 bits per heavy atom. The first-order chi connectivity index (χ1) is 9.28. The van der Waals surface area contributed by atoms with Crippen molar-refractivity contribution in [2.24, 2.45) is 5.92 Å². The molecule has 1 aromatic rings. The maximum atomic E-state index is 12.1. The highest BCUT2D eigenvalue weighted by Crippen LogP contribution is 2.32. The maximum Gasteiger partial charge on any atom is 0.209 e. The summed E-state index contributed by atoms with van der Waals surface area (Å²) in [4.78, 5) is 29.3. The third-order valence-corrected chi connectivity index (χ3v) is 5.10. The molecule has 0 radical (unpaired) electrons. The number of amides is 1. The molecule has 2 fully saturated rings. The number of nitrogens with zero attached hydrogens (tertiary/aromatic N) is 2. The molecule has 1 aromatic heterocycles. The number of aromatic nitrogens is 1. The molecule has 2 aliphatic rings. The second-order valence-corrected chi connectivity index (χ2v) is 6.37. The summed E-state index contributed by atoms with van der Waals surface area (Å²) >= 11 is 1.47. The Balaban J connectivity index is 1.69. The molecule has 2 heterocycles. The van der Waals surface area contributed by atoms with Gasteiger partial charge in [0.15, 0.2) is 10.8 Å². The molecule has 102 valence electrons. The average molecular weight is 278 g/mol. The number of Topliss-reactive ketones (excluding diaryl/α,β-unsaturated/α-hetero) is 1. The van der Waals surface area contributed by atoms with E-state index in [2.05, 4.69) is 4.98 Å². The molecule has 4 nitrogen and oxygen atoms in total. The Hall–Kier alpha value is -1.23. The second-order valence-electron chi connectivity index (χ2n) is 5.51. The van der Waals surface area contributed by atoms with Crippen LogP contribution in [0.2, 0.25) is 0 Å². The first-order valence-electron chi connectivity index (χ1n) is 6.97. The number of thiazole rings is 1. The molecular formula is C14H18N2O2S. The van der Waals surface area contributed by atoms with Gasteiger partial charge in [0, 0.05) is 30.3 Å². The normalized spacial score (nSPS) is 24.0. The lowest BCUT2D eigenvalue weighted by molar-refractivity contribution is -0.119. The highest BCUT2D eigenvalue weighted by atomic mass is 32.1. The van der Waals surface area contributed by atoms with Gasteiger partial charge < -0.3 is 4.90 Å². The SMILES string of the molecule is O=CN1CCCC(c2csc(C(=O)C3CCC3)n2)C1. The lowest BCUT2D eigenvalue weighted by atomic mass is 9.82. The molecule has 1 amide bonds. The summed E-state index contributed by atoms with van der Waals surface area (Å²) in [6.07, 6.45) is 6.22. The van der Waals surface area contributed by atoms with Gasteiger partial charge in [-0.05, 0) is 25.7 Å². The predicted octanol–water partition coefficient (Wildman–Crippen LogP) is 2.46. The van der Waals surface area contributed by atoms with Gasteiger partial charge >= 0.3 is 0 Å². The van der Waals surface area contributed by atoms with E-state index in [1.54, 1.807) is 4.90 Å². The molecule has 5 heteroatoms. The van der Waals surface area contributed by atoms with Crippen LogP contribution in [-0.4, -0.2) is 35.2 Å². The van der Waals surface area contributed by atoms with Crippen molar-refractivity contribution in [2.45, 2.75) is 38.0 Å². The van der Waals surface area contributed by atoms with Crippen molar-refractivity contribution >= 4 is 23.5 Å². The summed E-state index contributed by atoms with van der Waals surface area (Å²) in [6, 6.07) is 0. The summed E-state index contributed by atoms with van der Waals surface area (Å²) in [7, 11) is 0. The standard InChI is InChI=1S/C14H18N2O2S/c17-9-16-6-2-5-11(7-16)12-8-19-14(15-12)13(18)10-3-1-4-10/h8-11H,1-7H2. The molecular weight excluding hydrogens is 260 g/mol. The van der Waals surface area contributed by atoms with Gasteiger partial charge in [-0.15, -0.1) is 11.3 Å².